The topological polar surface area (TPSA) is 61.0 Å². The summed E-state index contributed by atoms with van der Waals surface area (Å²) in [5, 5.41) is 10.2. The summed E-state index contributed by atoms with van der Waals surface area (Å²) < 4.78 is 54.1. The second kappa shape index (κ2) is 7.20. The van der Waals surface area contributed by atoms with E-state index in [-0.39, 0.29) is 37.4 Å². The van der Waals surface area contributed by atoms with Crippen LogP contribution >= 0.6 is 0 Å². The molecule has 0 unspecified atom stereocenters. The number of fused-ring (bicyclic) bond motifs is 1. The predicted molar refractivity (Wildman–Crippen MR) is 93.3 cm³/mol. The molecule has 0 atom stereocenters. The van der Waals surface area contributed by atoms with E-state index in [9.17, 15) is 22.4 Å². The Morgan fingerprint density at radius 3 is 2.68 bits per heavy atom. The van der Waals surface area contributed by atoms with E-state index >= 15 is 0 Å². The lowest BCUT2D eigenvalue weighted by Crippen LogP contribution is -2.39. The number of carbonyl (C=O) groups excluding carboxylic acids is 1. The molecule has 150 valence electrons. The second-order valence-corrected chi connectivity index (χ2v) is 7.22. The summed E-state index contributed by atoms with van der Waals surface area (Å²) in [6.07, 6.45) is -3.28. The quantitative estimate of drug-likeness (QED) is 0.767. The van der Waals surface area contributed by atoms with Crippen LogP contribution in [0.25, 0.3) is 0 Å². The standard InChI is InChI=1S/C19H20F4N4O/c20-14-3-1-2-13(19(21,22)23)16(14)11-5-8-27(9-6-11)18(28)17-12-10-24-7-4-15(12)25-26-17/h1-3,11,24H,4-10H2,(H,25,26). The highest BCUT2D eigenvalue weighted by atomic mass is 19.4. The van der Waals surface area contributed by atoms with E-state index in [1.165, 1.54) is 0 Å². The van der Waals surface area contributed by atoms with Crippen molar-refractivity contribution in [1.29, 1.82) is 0 Å². The molecule has 28 heavy (non-hydrogen) atoms. The summed E-state index contributed by atoms with van der Waals surface area (Å²) in [5.74, 6) is -1.65. The molecule has 0 spiro atoms. The van der Waals surface area contributed by atoms with Crippen molar-refractivity contribution in [2.24, 2.45) is 0 Å². The Labute approximate surface area is 159 Å². The maximum atomic E-state index is 14.2. The molecule has 0 bridgehead atoms. The van der Waals surface area contributed by atoms with Crippen LogP contribution in [0.2, 0.25) is 0 Å². The van der Waals surface area contributed by atoms with Crippen molar-refractivity contribution >= 4 is 5.91 Å². The number of aromatic amines is 1. The average Bonchev–Trinajstić information content (AvgIpc) is 3.11. The van der Waals surface area contributed by atoms with Crippen LogP contribution in [0.5, 0.6) is 0 Å². The summed E-state index contributed by atoms with van der Waals surface area (Å²) in [5.41, 5.74) is 0.945. The van der Waals surface area contributed by atoms with E-state index in [0.717, 1.165) is 42.4 Å². The number of alkyl halides is 3. The number of piperidine rings is 1. The first-order chi connectivity index (χ1) is 13.4. The van der Waals surface area contributed by atoms with Gasteiger partial charge in [-0.2, -0.15) is 18.3 Å². The van der Waals surface area contributed by atoms with Crippen molar-refractivity contribution in [3.63, 3.8) is 0 Å². The minimum absolute atomic E-state index is 0.232. The Kier molecular flexibility index (Phi) is 4.86. The first-order valence-electron chi connectivity index (χ1n) is 9.28. The van der Waals surface area contributed by atoms with Crippen molar-refractivity contribution in [2.75, 3.05) is 19.6 Å². The summed E-state index contributed by atoms with van der Waals surface area (Å²) in [7, 11) is 0. The Morgan fingerprint density at radius 2 is 1.96 bits per heavy atom. The van der Waals surface area contributed by atoms with Gasteiger partial charge in [-0.05, 0) is 30.9 Å². The third-order valence-corrected chi connectivity index (χ3v) is 5.56. The van der Waals surface area contributed by atoms with E-state index < -0.39 is 23.5 Å². The van der Waals surface area contributed by atoms with Crippen LogP contribution in [0.4, 0.5) is 17.6 Å². The van der Waals surface area contributed by atoms with Gasteiger partial charge in [0.05, 0.1) is 5.56 Å². The van der Waals surface area contributed by atoms with E-state index in [2.05, 4.69) is 15.5 Å². The zero-order valence-corrected chi connectivity index (χ0v) is 15.1. The molecule has 2 aliphatic rings. The molecule has 5 nitrogen and oxygen atoms in total. The molecule has 0 radical (unpaired) electrons. The fourth-order valence-corrected chi connectivity index (χ4v) is 4.12. The largest absolute Gasteiger partial charge is 0.416 e. The van der Waals surface area contributed by atoms with Crippen LogP contribution in [0.15, 0.2) is 18.2 Å². The highest BCUT2D eigenvalue weighted by Gasteiger charge is 2.38. The molecular formula is C19H20F4N4O. The Bertz CT molecular complexity index is 885. The number of benzene rings is 1. The Hall–Kier alpha value is -2.42. The van der Waals surface area contributed by atoms with Gasteiger partial charge in [0.25, 0.3) is 5.91 Å². The van der Waals surface area contributed by atoms with Gasteiger partial charge in [0, 0.05) is 49.4 Å². The van der Waals surface area contributed by atoms with Crippen molar-refractivity contribution in [3.05, 3.63) is 52.1 Å². The number of likely N-dealkylation sites (tertiary alicyclic amines) is 1. The Morgan fingerprint density at radius 1 is 1.21 bits per heavy atom. The first kappa shape index (κ1) is 18.9. The molecular weight excluding hydrogens is 376 g/mol. The van der Waals surface area contributed by atoms with Crippen LogP contribution in [0.3, 0.4) is 0 Å². The molecule has 4 rings (SSSR count). The first-order valence-corrected chi connectivity index (χ1v) is 9.28. The number of nitrogens with one attached hydrogen (secondary N) is 2. The maximum Gasteiger partial charge on any atom is 0.416 e. The highest BCUT2D eigenvalue weighted by Crippen LogP contribution is 2.40. The van der Waals surface area contributed by atoms with Gasteiger partial charge in [0.2, 0.25) is 0 Å². The molecule has 1 saturated heterocycles. The van der Waals surface area contributed by atoms with Crippen LogP contribution < -0.4 is 5.32 Å². The lowest BCUT2D eigenvalue weighted by Gasteiger charge is -2.33. The highest BCUT2D eigenvalue weighted by molar-refractivity contribution is 5.94. The van der Waals surface area contributed by atoms with Gasteiger partial charge in [-0.1, -0.05) is 6.07 Å². The van der Waals surface area contributed by atoms with Gasteiger partial charge in [-0.25, -0.2) is 4.39 Å². The minimum atomic E-state index is -4.61. The van der Waals surface area contributed by atoms with Crippen LogP contribution in [-0.4, -0.2) is 40.6 Å². The smallest absolute Gasteiger partial charge is 0.337 e. The predicted octanol–water partition coefficient (Wildman–Crippen LogP) is 3.23. The van der Waals surface area contributed by atoms with Crippen molar-refractivity contribution in [2.45, 2.75) is 37.9 Å². The SMILES string of the molecule is O=C(c1n[nH]c2c1CNCC2)N1CCC(c2c(F)cccc2C(F)(F)F)CC1. The van der Waals surface area contributed by atoms with E-state index in [4.69, 9.17) is 0 Å². The Balaban J connectivity index is 1.50. The number of rotatable bonds is 2. The molecule has 2 aliphatic heterocycles. The third-order valence-electron chi connectivity index (χ3n) is 5.56. The van der Waals surface area contributed by atoms with E-state index in [1.54, 1.807) is 4.90 Å². The summed E-state index contributed by atoms with van der Waals surface area (Å²) in [4.78, 5) is 14.4. The van der Waals surface area contributed by atoms with Crippen LogP contribution in [-0.2, 0) is 19.1 Å². The summed E-state index contributed by atoms with van der Waals surface area (Å²) >= 11 is 0. The average molecular weight is 396 g/mol. The van der Waals surface area contributed by atoms with Gasteiger partial charge >= 0.3 is 6.18 Å². The third kappa shape index (κ3) is 3.39. The molecule has 1 fully saturated rings. The molecule has 1 aromatic heterocycles. The van der Waals surface area contributed by atoms with Crippen molar-refractivity contribution in [1.82, 2.24) is 20.4 Å². The molecule has 3 heterocycles. The number of aromatic nitrogens is 2. The normalized spacial score (nSPS) is 18.2. The lowest BCUT2D eigenvalue weighted by atomic mass is 9.85. The molecule has 1 amide bonds. The second-order valence-electron chi connectivity index (χ2n) is 7.22. The molecule has 9 heteroatoms. The molecule has 2 aromatic rings. The van der Waals surface area contributed by atoms with Crippen molar-refractivity contribution in [3.8, 4) is 0 Å². The van der Waals surface area contributed by atoms with Crippen LogP contribution in [0.1, 0.15) is 51.6 Å². The zero-order valence-electron chi connectivity index (χ0n) is 15.1. The number of hydrogen-bond acceptors (Lipinski definition) is 3. The summed E-state index contributed by atoms with van der Waals surface area (Å²) in [6, 6.07) is 3.05. The molecule has 2 N–H and O–H groups in total. The van der Waals surface area contributed by atoms with E-state index in [0.29, 0.717) is 12.2 Å². The monoisotopic (exact) mass is 396 g/mol. The number of H-pyrrole nitrogens is 1. The lowest BCUT2D eigenvalue weighted by molar-refractivity contribution is -0.138. The van der Waals surface area contributed by atoms with Crippen molar-refractivity contribution < 1.29 is 22.4 Å². The number of carbonyl (C=O) groups is 1. The zero-order chi connectivity index (χ0) is 19.9. The molecule has 0 aliphatic carbocycles. The number of hydrogen-bond donors (Lipinski definition) is 2. The summed E-state index contributed by atoms with van der Waals surface area (Å²) in [6.45, 7) is 1.92. The minimum Gasteiger partial charge on any atom is -0.337 e. The number of halogens is 4. The van der Waals surface area contributed by atoms with E-state index in [1.807, 2.05) is 0 Å². The fraction of sp³-hybridized carbons (Fsp3) is 0.474. The molecule has 1 aromatic carbocycles. The van der Waals surface area contributed by atoms with Gasteiger partial charge in [0.15, 0.2) is 5.69 Å². The molecule has 0 saturated carbocycles. The number of nitrogens with zero attached hydrogens (tertiary/aromatic N) is 2. The van der Waals surface area contributed by atoms with Crippen LogP contribution in [0, 0.1) is 5.82 Å². The van der Waals surface area contributed by atoms with Gasteiger partial charge in [-0.15, -0.1) is 0 Å². The maximum absolute atomic E-state index is 14.2. The van der Waals surface area contributed by atoms with Gasteiger partial charge in [0.1, 0.15) is 5.82 Å². The van der Waals surface area contributed by atoms with Gasteiger partial charge < -0.3 is 10.2 Å². The van der Waals surface area contributed by atoms with Gasteiger partial charge in [-0.3, -0.25) is 9.89 Å². The number of amides is 1. The fourth-order valence-electron chi connectivity index (χ4n) is 4.12.